The van der Waals surface area contributed by atoms with Gasteiger partial charge in [0.05, 0.1) is 5.52 Å². The third kappa shape index (κ3) is 6.39. The van der Waals surface area contributed by atoms with Gasteiger partial charge in [-0.05, 0) is 62.1 Å². The van der Waals surface area contributed by atoms with Gasteiger partial charge in [0.25, 0.3) is 0 Å². The Balaban J connectivity index is 1.71. The van der Waals surface area contributed by atoms with Gasteiger partial charge in [-0.1, -0.05) is 66.7 Å². The second-order valence-corrected chi connectivity index (χ2v) is 9.74. The monoisotopic (exact) mass is 501 g/mol. The summed E-state index contributed by atoms with van der Waals surface area (Å²) in [6, 6.07) is 22.0. The zero-order valence-electron chi connectivity index (χ0n) is 21.4. The third-order valence-electron chi connectivity index (χ3n) is 6.60. The number of amides is 2. The summed E-state index contributed by atoms with van der Waals surface area (Å²) in [6.45, 7) is 6.06. The molecule has 1 N–H and O–H groups in total. The molecule has 0 bridgehead atoms. The summed E-state index contributed by atoms with van der Waals surface area (Å²) in [6.07, 6.45) is 1.25. The van der Waals surface area contributed by atoms with Crippen LogP contribution in [0.15, 0.2) is 78.9 Å². The minimum atomic E-state index is -0.947. The van der Waals surface area contributed by atoms with Crippen molar-refractivity contribution in [3.8, 4) is 0 Å². The van der Waals surface area contributed by atoms with Gasteiger partial charge >= 0.3 is 0 Å². The van der Waals surface area contributed by atoms with Crippen LogP contribution in [0, 0.1) is 5.82 Å². The number of hydrogen-bond donors (Lipinski definition) is 1. The van der Waals surface area contributed by atoms with Gasteiger partial charge in [0.15, 0.2) is 0 Å². The molecule has 192 valence electrons. The quantitative estimate of drug-likeness (QED) is 0.342. The van der Waals surface area contributed by atoms with Gasteiger partial charge in [-0.15, -0.1) is 5.10 Å². The van der Waals surface area contributed by atoms with Gasteiger partial charge < -0.3 is 10.2 Å². The summed E-state index contributed by atoms with van der Waals surface area (Å²) in [5.74, 6) is -1.01. The van der Waals surface area contributed by atoms with Gasteiger partial charge in [0.2, 0.25) is 11.8 Å². The van der Waals surface area contributed by atoms with Gasteiger partial charge in [0, 0.05) is 12.1 Å². The molecule has 8 heteroatoms. The number of hydrogen-bond acceptors (Lipinski definition) is 4. The van der Waals surface area contributed by atoms with E-state index in [1.54, 1.807) is 21.7 Å². The lowest BCUT2D eigenvalue weighted by molar-refractivity contribution is -0.142. The summed E-state index contributed by atoms with van der Waals surface area (Å²) in [7, 11) is 0. The van der Waals surface area contributed by atoms with E-state index in [1.807, 2.05) is 75.4 Å². The fourth-order valence-electron chi connectivity index (χ4n) is 4.15. The number of nitrogens with zero attached hydrogens (tertiary/aromatic N) is 4. The van der Waals surface area contributed by atoms with Crippen LogP contribution < -0.4 is 5.32 Å². The number of benzene rings is 3. The Morgan fingerprint density at radius 3 is 2.38 bits per heavy atom. The van der Waals surface area contributed by atoms with E-state index >= 15 is 0 Å². The molecule has 3 aromatic carbocycles. The Labute approximate surface area is 216 Å². The Bertz CT molecular complexity index is 1350. The standard InChI is InChI=1S/C29H32FN5O2/c1-4-29(2,3)31-28(37)27(22-14-16-23(30)17-15-22)34(19-18-21-10-6-5-7-11-21)26(36)20-35-25-13-9-8-12-24(25)32-33-35/h5-17,27H,4,18-20H2,1-3H3,(H,31,37). The van der Waals surface area contributed by atoms with Crippen LogP contribution in [0.3, 0.4) is 0 Å². The Morgan fingerprint density at radius 2 is 1.68 bits per heavy atom. The van der Waals surface area contributed by atoms with Crippen molar-refractivity contribution in [1.82, 2.24) is 25.2 Å². The zero-order chi connectivity index (χ0) is 26.4. The number of para-hydroxylation sites is 1. The summed E-state index contributed by atoms with van der Waals surface area (Å²) in [5.41, 5.74) is 2.51. The molecule has 0 fully saturated rings. The van der Waals surface area contributed by atoms with E-state index in [0.29, 0.717) is 23.9 Å². The largest absolute Gasteiger partial charge is 0.349 e. The van der Waals surface area contributed by atoms with Crippen molar-refractivity contribution >= 4 is 22.8 Å². The molecule has 0 aliphatic heterocycles. The van der Waals surface area contributed by atoms with E-state index < -0.39 is 17.4 Å². The van der Waals surface area contributed by atoms with E-state index in [4.69, 9.17) is 0 Å². The Kier molecular flexibility index (Phi) is 7.96. The lowest BCUT2D eigenvalue weighted by Gasteiger charge is -2.34. The first kappa shape index (κ1) is 26.0. The molecule has 4 aromatic rings. The average molecular weight is 502 g/mol. The SMILES string of the molecule is CCC(C)(C)NC(=O)C(c1ccc(F)cc1)N(CCc1ccccc1)C(=O)Cn1nnc2ccccc21. The van der Waals surface area contributed by atoms with Crippen LogP contribution in [0.4, 0.5) is 4.39 Å². The molecule has 37 heavy (non-hydrogen) atoms. The van der Waals surface area contributed by atoms with Crippen molar-refractivity contribution in [3.05, 3.63) is 95.8 Å². The second-order valence-electron chi connectivity index (χ2n) is 9.74. The summed E-state index contributed by atoms with van der Waals surface area (Å²) >= 11 is 0. The first-order chi connectivity index (χ1) is 17.8. The van der Waals surface area contributed by atoms with Crippen LogP contribution in [0.1, 0.15) is 44.4 Å². The normalized spacial score (nSPS) is 12.3. The summed E-state index contributed by atoms with van der Waals surface area (Å²) < 4.78 is 15.4. The summed E-state index contributed by atoms with van der Waals surface area (Å²) in [5, 5.41) is 11.4. The maximum Gasteiger partial charge on any atom is 0.247 e. The van der Waals surface area contributed by atoms with Crippen LogP contribution in [0.5, 0.6) is 0 Å². The third-order valence-corrected chi connectivity index (χ3v) is 6.60. The van der Waals surface area contributed by atoms with Gasteiger partial charge in [-0.25, -0.2) is 9.07 Å². The van der Waals surface area contributed by atoms with Gasteiger partial charge in [0.1, 0.15) is 23.9 Å². The lowest BCUT2D eigenvalue weighted by Crippen LogP contribution is -2.51. The van der Waals surface area contributed by atoms with Crippen molar-refractivity contribution in [2.24, 2.45) is 0 Å². The smallest absolute Gasteiger partial charge is 0.247 e. The summed E-state index contributed by atoms with van der Waals surface area (Å²) in [4.78, 5) is 29.2. The molecule has 0 aliphatic carbocycles. The van der Waals surface area contributed by atoms with Crippen LogP contribution in [-0.2, 0) is 22.6 Å². The predicted molar refractivity (Wildman–Crippen MR) is 141 cm³/mol. The maximum absolute atomic E-state index is 13.9. The van der Waals surface area contributed by atoms with Crippen LogP contribution in [0.25, 0.3) is 11.0 Å². The topological polar surface area (TPSA) is 80.1 Å². The van der Waals surface area contributed by atoms with Crippen molar-refractivity contribution in [3.63, 3.8) is 0 Å². The highest BCUT2D eigenvalue weighted by atomic mass is 19.1. The van der Waals surface area contributed by atoms with Crippen LogP contribution in [0.2, 0.25) is 0 Å². The molecule has 0 aliphatic rings. The Morgan fingerprint density at radius 1 is 1.00 bits per heavy atom. The highest BCUT2D eigenvalue weighted by Crippen LogP contribution is 2.25. The lowest BCUT2D eigenvalue weighted by atomic mass is 9.98. The molecule has 1 atom stereocenters. The number of carbonyl (C=O) groups is 2. The van der Waals surface area contributed by atoms with Crippen molar-refractivity contribution in [2.45, 2.75) is 51.7 Å². The van der Waals surface area contributed by atoms with Gasteiger partial charge in [-0.3, -0.25) is 9.59 Å². The highest BCUT2D eigenvalue weighted by Gasteiger charge is 2.34. The molecular formula is C29H32FN5O2. The van der Waals surface area contributed by atoms with E-state index in [0.717, 1.165) is 11.1 Å². The zero-order valence-corrected chi connectivity index (χ0v) is 21.4. The van der Waals surface area contributed by atoms with Crippen molar-refractivity contribution < 1.29 is 14.0 Å². The first-order valence-electron chi connectivity index (χ1n) is 12.5. The van der Waals surface area contributed by atoms with E-state index in [1.165, 1.54) is 12.1 Å². The highest BCUT2D eigenvalue weighted by molar-refractivity contribution is 5.89. The number of fused-ring (bicyclic) bond motifs is 1. The minimum absolute atomic E-state index is 0.0859. The number of halogens is 1. The number of rotatable bonds is 10. The molecule has 1 aromatic heterocycles. The van der Waals surface area contributed by atoms with Crippen molar-refractivity contribution in [2.75, 3.05) is 6.54 Å². The van der Waals surface area contributed by atoms with Crippen LogP contribution >= 0.6 is 0 Å². The molecular weight excluding hydrogens is 469 g/mol. The molecule has 0 spiro atoms. The molecule has 1 heterocycles. The van der Waals surface area contributed by atoms with E-state index in [2.05, 4.69) is 15.6 Å². The number of nitrogens with one attached hydrogen (secondary N) is 1. The second kappa shape index (κ2) is 11.3. The Hall–Kier alpha value is -4.07. The fourth-order valence-corrected chi connectivity index (χ4v) is 4.15. The molecule has 2 amide bonds. The van der Waals surface area contributed by atoms with Gasteiger partial charge in [-0.2, -0.15) is 0 Å². The van der Waals surface area contributed by atoms with E-state index in [9.17, 15) is 14.0 Å². The molecule has 4 rings (SSSR count). The van der Waals surface area contributed by atoms with E-state index in [-0.39, 0.29) is 24.9 Å². The average Bonchev–Trinajstić information content (AvgIpc) is 3.30. The molecule has 0 saturated heterocycles. The van der Waals surface area contributed by atoms with Crippen LogP contribution in [-0.4, -0.2) is 43.8 Å². The molecule has 7 nitrogen and oxygen atoms in total. The minimum Gasteiger partial charge on any atom is -0.349 e. The van der Waals surface area contributed by atoms with Crippen molar-refractivity contribution in [1.29, 1.82) is 0 Å². The molecule has 0 saturated carbocycles. The predicted octanol–water partition coefficient (Wildman–Crippen LogP) is 4.69. The number of aromatic nitrogens is 3. The maximum atomic E-state index is 13.9. The number of carbonyl (C=O) groups excluding carboxylic acids is 2. The first-order valence-corrected chi connectivity index (χ1v) is 12.5. The fraction of sp³-hybridized carbons (Fsp3) is 0.310. The molecule has 0 radical (unpaired) electrons. The molecule has 1 unspecified atom stereocenters.